The standard InChI is InChI=1S/C12H12.C7H10/c1-2-10-7-8-11-5-3-4-6-12(11)9-10;1-4-5-6-7(2)3/h3-9H,2H2,1H3;4-6H,1-2H2,3H3/b;6-5-. The van der Waals surface area contributed by atoms with Crippen molar-refractivity contribution in [3.05, 3.63) is 85.0 Å². The summed E-state index contributed by atoms with van der Waals surface area (Å²) in [6.45, 7) is 11.3. The number of allylic oxidation sites excluding steroid dienone is 4. The molecule has 98 valence electrons. The maximum Gasteiger partial charge on any atom is -0.0181 e. The average Bonchev–Trinajstić information content (AvgIpc) is 2.45. The van der Waals surface area contributed by atoms with Crippen LogP contribution in [0, 0.1) is 0 Å². The van der Waals surface area contributed by atoms with Gasteiger partial charge in [-0.25, -0.2) is 0 Å². The maximum absolute atomic E-state index is 3.66. The van der Waals surface area contributed by atoms with Crippen molar-refractivity contribution in [2.75, 3.05) is 0 Å². The molecule has 2 rings (SSSR count). The lowest BCUT2D eigenvalue weighted by Crippen LogP contribution is -1.79. The normalized spacial score (nSPS) is 10.0. The molecule has 19 heavy (non-hydrogen) atoms. The van der Waals surface area contributed by atoms with E-state index in [2.05, 4.69) is 62.5 Å². The highest BCUT2D eigenvalue weighted by atomic mass is 14.0. The zero-order valence-electron chi connectivity index (χ0n) is 11.9. The fourth-order valence-electron chi connectivity index (χ4n) is 1.69. The van der Waals surface area contributed by atoms with Gasteiger partial charge in [0.25, 0.3) is 0 Å². The summed E-state index contributed by atoms with van der Waals surface area (Å²) in [5, 5.41) is 2.67. The Morgan fingerprint density at radius 2 is 1.79 bits per heavy atom. The predicted molar refractivity (Wildman–Crippen MR) is 87.5 cm³/mol. The van der Waals surface area contributed by atoms with Gasteiger partial charge in [0.15, 0.2) is 0 Å². The first-order valence-electron chi connectivity index (χ1n) is 6.59. The molecule has 0 saturated heterocycles. The Labute approximate surface area is 116 Å². The molecule has 0 aliphatic carbocycles. The molecule has 0 aromatic heterocycles. The van der Waals surface area contributed by atoms with Crippen LogP contribution in [0.1, 0.15) is 19.4 Å². The lowest BCUT2D eigenvalue weighted by Gasteiger charge is -1.99. The van der Waals surface area contributed by atoms with Crippen LogP contribution in [0.4, 0.5) is 0 Å². The van der Waals surface area contributed by atoms with Crippen molar-refractivity contribution in [2.24, 2.45) is 0 Å². The van der Waals surface area contributed by atoms with E-state index in [1.165, 1.54) is 16.3 Å². The second kappa shape index (κ2) is 8.10. The molecule has 0 atom stereocenters. The first-order chi connectivity index (χ1) is 9.17. The van der Waals surface area contributed by atoms with E-state index in [9.17, 15) is 0 Å². The molecule has 0 heterocycles. The Morgan fingerprint density at radius 3 is 2.32 bits per heavy atom. The number of rotatable bonds is 3. The van der Waals surface area contributed by atoms with E-state index in [4.69, 9.17) is 0 Å². The van der Waals surface area contributed by atoms with E-state index < -0.39 is 0 Å². The number of hydrogen-bond donors (Lipinski definition) is 0. The molecular weight excluding hydrogens is 228 g/mol. The third-order valence-corrected chi connectivity index (χ3v) is 2.74. The summed E-state index contributed by atoms with van der Waals surface area (Å²) in [6, 6.07) is 15.1. The van der Waals surface area contributed by atoms with Gasteiger partial charge in [-0.05, 0) is 29.7 Å². The van der Waals surface area contributed by atoms with Crippen molar-refractivity contribution in [2.45, 2.75) is 20.3 Å². The summed E-state index contributed by atoms with van der Waals surface area (Å²) in [5.41, 5.74) is 2.47. The zero-order valence-corrected chi connectivity index (χ0v) is 11.9. The van der Waals surface area contributed by atoms with Gasteiger partial charge in [0.1, 0.15) is 0 Å². The molecule has 0 bridgehead atoms. The van der Waals surface area contributed by atoms with Crippen molar-refractivity contribution < 1.29 is 0 Å². The Balaban J connectivity index is 0.000000224. The largest absolute Gasteiger partial charge is 0.0991 e. The van der Waals surface area contributed by atoms with Gasteiger partial charge in [-0.3, -0.25) is 0 Å². The first-order valence-corrected chi connectivity index (χ1v) is 6.59. The fraction of sp³-hybridized carbons (Fsp3) is 0.158. The molecule has 2 aromatic carbocycles. The number of benzene rings is 2. The van der Waals surface area contributed by atoms with Gasteiger partial charge in [0.05, 0.1) is 0 Å². The maximum atomic E-state index is 3.66. The summed E-state index contributed by atoms with van der Waals surface area (Å²) in [7, 11) is 0. The van der Waals surface area contributed by atoms with Gasteiger partial charge in [0.2, 0.25) is 0 Å². The summed E-state index contributed by atoms with van der Waals surface area (Å²) >= 11 is 0. The van der Waals surface area contributed by atoms with Crippen LogP contribution < -0.4 is 0 Å². The van der Waals surface area contributed by atoms with Gasteiger partial charge in [-0.15, -0.1) is 0 Å². The van der Waals surface area contributed by atoms with Crippen molar-refractivity contribution in [1.82, 2.24) is 0 Å². The Hall–Kier alpha value is -2.08. The molecule has 0 heteroatoms. The van der Waals surface area contributed by atoms with Crippen LogP contribution in [0.2, 0.25) is 0 Å². The lowest BCUT2D eigenvalue weighted by atomic mass is 10.1. The minimum Gasteiger partial charge on any atom is -0.0991 e. The molecule has 2 aromatic rings. The second-order valence-corrected chi connectivity index (χ2v) is 4.48. The summed E-state index contributed by atoms with van der Waals surface area (Å²) < 4.78 is 0. The van der Waals surface area contributed by atoms with Crippen LogP contribution in [0.25, 0.3) is 10.8 Å². The van der Waals surface area contributed by atoms with E-state index in [1.54, 1.807) is 6.08 Å². The molecule has 0 spiro atoms. The minimum atomic E-state index is 1.06. The summed E-state index contributed by atoms with van der Waals surface area (Å²) in [6.07, 6.45) is 6.62. The molecule has 0 aliphatic heterocycles. The Bertz CT molecular complexity index is 573. The molecule has 0 unspecified atom stereocenters. The molecule has 0 amide bonds. The summed E-state index contributed by atoms with van der Waals surface area (Å²) in [5.74, 6) is 0. The predicted octanol–water partition coefficient (Wildman–Crippen LogP) is 5.71. The first kappa shape index (κ1) is 15.0. The minimum absolute atomic E-state index is 1.06. The molecule has 0 nitrogen and oxygen atoms in total. The zero-order chi connectivity index (χ0) is 14.1. The van der Waals surface area contributed by atoms with E-state index in [-0.39, 0.29) is 0 Å². The molecule has 0 radical (unpaired) electrons. The van der Waals surface area contributed by atoms with Gasteiger partial charge >= 0.3 is 0 Å². The SMILES string of the molecule is C=C/C=C\C(=C)C.CCc1ccc2ccccc2c1. The second-order valence-electron chi connectivity index (χ2n) is 4.48. The highest BCUT2D eigenvalue weighted by Crippen LogP contribution is 2.15. The van der Waals surface area contributed by atoms with E-state index in [0.29, 0.717) is 0 Å². The number of hydrogen-bond acceptors (Lipinski definition) is 0. The van der Waals surface area contributed by atoms with Gasteiger partial charge in [-0.1, -0.05) is 86.3 Å². The highest BCUT2D eigenvalue weighted by molar-refractivity contribution is 5.82. The Kier molecular flexibility index (Phi) is 6.38. The van der Waals surface area contributed by atoms with E-state index >= 15 is 0 Å². The third-order valence-electron chi connectivity index (χ3n) is 2.74. The van der Waals surface area contributed by atoms with Crippen LogP contribution in [-0.2, 0) is 6.42 Å². The van der Waals surface area contributed by atoms with E-state index in [1.807, 2.05) is 19.1 Å². The van der Waals surface area contributed by atoms with Crippen molar-refractivity contribution in [1.29, 1.82) is 0 Å². The molecule has 0 saturated carbocycles. The van der Waals surface area contributed by atoms with Gasteiger partial charge in [0, 0.05) is 0 Å². The van der Waals surface area contributed by atoms with Crippen LogP contribution in [0.5, 0.6) is 0 Å². The molecule has 0 N–H and O–H groups in total. The van der Waals surface area contributed by atoms with Crippen molar-refractivity contribution in [3.8, 4) is 0 Å². The molecular formula is C19H22. The van der Waals surface area contributed by atoms with Gasteiger partial charge in [-0.2, -0.15) is 0 Å². The van der Waals surface area contributed by atoms with E-state index in [0.717, 1.165) is 12.0 Å². The average molecular weight is 250 g/mol. The summed E-state index contributed by atoms with van der Waals surface area (Å²) in [4.78, 5) is 0. The topological polar surface area (TPSA) is 0 Å². The number of fused-ring (bicyclic) bond motifs is 1. The van der Waals surface area contributed by atoms with Crippen LogP contribution in [0.15, 0.2) is 79.4 Å². The monoisotopic (exact) mass is 250 g/mol. The lowest BCUT2D eigenvalue weighted by molar-refractivity contribution is 1.15. The van der Waals surface area contributed by atoms with Crippen LogP contribution in [0.3, 0.4) is 0 Å². The van der Waals surface area contributed by atoms with Crippen LogP contribution >= 0.6 is 0 Å². The molecule has 0 aliphatic rings. The fourth-order valence-corrected chi connectivity index (χ4v) is 1.69. The number of aryl methyl sites for hydroxylation is 1. The van der Waals surface area contributed by atoms with Crippen molar-refractivity contribution in [3.63, 3.8) is 0 Å². The van der Waals surface area contributed by atoms with Gasteiger partial charge < -0.3 is 0 Å². The highest BCUT2D eigenvalue weighted by Gasteiger charge is 1.92. The molecule has 0 fully saturated rings. The van der Waals surface area contributed by atoms with Crippen LogP contribution in [-0.4, -0.2) is 0 Å². The quantitative estimate of drug-likeness (QED) is 0.612. The Morgan fingerprint density at radius 1 is 1.11 bits per heavy atom. The van der Waals surface area contributed by atoms with Crippen molar-refractivity contribution >= 4 is 10.8 Å². The third kappa shape index (κ3) is 5.39. The smallest absolute Gasteiger partial charge is 0.0181 e.